The van der Waals surface area contributed by atoms with Crippen molar-refractivity contribution in [1.82, 2.24) is 15.2 Å². The summed E-state index contributed by atoms with van der Waals surface area (Å²) in [7, 11) is 0. The van der Waals surface area contributed by atoms with Gasteiger partial charge in [-0.15, -0.1) is 5.10 Å². The van der Waals surface area contributed by atoms with E-state index in [1.807, 2.05) is 19.1 Å². The summed E-state index contributed by atoms with van der Waals surface area (Å²) in [5.74, 6) is 1.89. The number of hydrogen-bond donors (Lipinski definition) is 2. The molecule has 1 aromatic heterocycles. The predicted octanol–water partition coefficient (Wildman–Crippen LogP) is 3.92. The van der Waals surface area contributed by atoms with Gasteiger partial charge in [0, 0.05) is 17.3 Å². The summed E-state index contributed by atoms with van der Waals surface area (Å²) in [6, 6.07) is 13.6. The fraction of sp³-hybridized carbons (Fsp3) is 0.286. The highest BCUT2D eigenvalue weighted by Crippen LogP contribution is 2.33. The quantitative estimate of drug-likeness (QED) is 0.599. The number of thioether (sulfide) groups is 1. The molecule has 0 fully saturated rings. The monoisotopic (exact) mass is 410 g/mol. The average Bonchev–Trinajstić information content (AvgIpc) is 3.22. The van der Waals surface area contributed by atoms with E-state index >= 15 is 0 Å². The van der Waals surface area contributed by atoms with Crippen molar-refractivity contribution in [3.63, 3.8) is 0 Å². The van der Waals surface area contributed by atoms with Crippen LogP contribution < -0.4 is 14.8 Å². The molecular formula is C21H22N4O3S. The Morgan fingerprint density at radius 2 is 1.93 bits per heavy atom. The molecule has 1 amide bonds. The van der Waals surface area contributed by atoms with Gasteiger partial charge < -0.3 is 14.8 Å². The molecule has 1 aliphatic rings. The van der Waals surface area contributed by atoms with Crippen LogP contribution in [0.4, 0.5) is 5.69 Å². The molecule has 0 saturated heterocycles. The lowest BCUT2D eigenvalue weighted by Crippen LogP contribution is -2.23. The Morgan fingerprint density at radius 1 is 1.17 bits per heavy atom. The van der Waals surface area contributed by atoms with Gasteiger partial charge in [-0.25, -0.2) is 4.98 Å². The normalized spacial score (nSPS) is 13.7. The third-order valence-corrected chi connectivity index (χ3v) is 5.52. The smallest absolute Gasteiger partial charge is 0.237 e. The summed E-state index contributed by atoms with van der Waals surface area (Å²) in [6.07, 6.45) is 0.994. The number of H-pyrrole nitrogens is 1. The van der Waals surface area contributed by atoms with Gasteiger partial charge in [0.25, 0.3) is 0 Å². The van der Waals surface area contributed by atoms with Crippen molar-refractivity contribution in [3.05, 3.63) is 48.0 Å². The predicted molar refractivity (Wildman–Crippen MR) is 113 cm³/mol. The Kier molecular flexibility index (Phi) is 5.71. The Morgan fingerprint density at radius 3 is 2.69 bits per heavy atom. The summed E-state index contributed by atoms with van der Waals surface area (Å²) in [4.78, 5) is 17.1. The fourth-order valence-electron chi connectivity index (χ4n) is 2.90. The molecule has 0 saturated carbocycles. The molecule has 1 atom stereocenters. The summed E-state index contributed by atoms with van der Waals surface area (Å²) in [5.41, 5.74) is 2.90. The topological polar surface area (TPSA) is 89.1 Å². The zero-order valence-electron chi connectivity index (χ0n) is 16.3. The van der Waals surface area contributed by atoms with Crippen LogP contribution in [0.15, 0.2) is 47.6 Å². The van der Waals surface area contributed by atoms with E-state index in [1.165, 1.54) is 17.3 Å². The third kappa shape index (κ3) is 4.54. The summed E-state index contributed by atoms with van der Waals surface area (Å²) >= 11 is 1.30. The number of rotatable bonds is 6. The second-order valence-electron chi connectivity index (χ2n) is 6.62. The second kappa shape index (κ2) is 8.57. The van der Waals surface area contributed by atoms with Crippen molar-refractivity contribution in [2.45, 2.75) is 30.7 Å². The summed E-state index contributed by atoms with van der Waals surface area (Å²) in [6.45, 7) is 4.98. The lowest BCUT2D eigenvalue weighted by Gasteiger charge is -2.19. The van der Waals surface area contributed by atoms with E-state index in [0.29, 0.717) is 41.4 Å². The van der Waals surface area contributed by atoms with Gasteiger partial charge in [-0.05, 0) is 31.0 Å². The van der Waals surface area contributed by atoms with Gasteiger partial charge in [-0.1, -0.05) is 43.0 Å². The first-order valence-corrected chi connectivity index (χ1v) is 10.4. The van der Waals surface area contributed by atoms with Gasteiger partial charge in [0.1, 0.15) is 13.2 Å². The number of hydrogen-bond acceptors (Lipinski definition) is 6. The number of benzene rings is 2. The number of fused-ring (bicyclic) bond motifs is 1. The maximum atomic E-state index is 12.6. The van der Waals surface area contributed by atoms with Crippen molar-refractivity contribution in [2.24, 2.45) is 0 Å². The number of amides is 1. The highest BCUT2D eigenvalue weighted by atomic mass is 32.2. The van der Waals surface area contributed by atoms with Crippen LogP contribution in [0.5, 0.6) is 11.5 Å². The van der Waals surface area contributed by atoms with Crippen molar-refractivity contribution < 1.29 is 14.3 Å². The first-order valence-electron chi connectivity index (χ1n) is 9.51. The molecule has 1 unspecified atom stereocenters. The zero-order chi connectivity index (χ0) is 20.2. The third-order valence-electron chi connectivity index (χ3n) is 4.56. The Balaban J connectivity index is 1.38. The summed E-state index contributed by atoms with van der Waals surface area (Å²) in [5, 5.41) is 10.2. The number of carbonyl (C=O) groups is 1. The fourth-order valence-corrected chi connectivity index (χ4v) is 3.63. The van der Waals surface area contributed by atoms with Gasteiger partial charge in [0.05, 0.1) is 5.25 Å². The Labute approximate surface area is 173 Å². The van der Waals surface area contributed by atoms with Gasteiger partial charge in [-0.2, -0.15) is 0 Å². The van der Waals surface area contributed by atoms with Crippen molar-refractivity contribution in [2.75, 3.05) is 18.5 Å². The number of ether oxygens (including phenoxy) is 2. The summed E-state index contributed by atoms with van der Waals surface area (Å²) < 4.78 is 11.1. The van der Waals surface area contributed by atoms with E-state index in [9.17, 15) is 4.79 Å². The van der Waals surface area contributed by atoms with Crippen LogP contribution in [-0.2, 0) is 11.2 Å². The van der Waals surface area contributed by atoms with Crippen LogP contribution in [0.25, 0.3) is 11.4 Å². The number of carbonyl (C=O) groups excluding carboxylic acids is 1. The molecule has 2 N–H and O–H groups in total. The van der Waals surface area contributed by atoms with Crippen LogP contribution in [-0.4, -0.2) is 39.6 Å². The molecule has 0 radical (unpaired) electrons. The molecule has 0 bridgehead atoms. The number of nitrogens with zero attached hydrogens (tertiary/aromatic N) is 2. The van der Waals surface area contributed by atoms with E-state index in [-0.39, 0.29) is 11.2 Å². The first-order chi connectivity index (χ1) is 14.1. The van der Waals surface area contributed by atoms with Gasteiger partial charge >= 0.3 is 0 Å². The minimum absolute atomic E-state index is 0.134. The SMILES string of the molecule is CCc1ccc(-c2nc(SC(C)C(=O)Nc3ccc4c(c3)OCCO4)n[nH]2)cc1. The van der Waals surface area contributed by atoms with Gasteiger partial charge in [0.15, 0.2) is 17.3 Å². The van der Waals surface area contributed by atoms with Crippen LogP contribution >= 0.6 is 11.8 Å². The number of nitrogens with one attached hydrogen (secondary N) is 2. The lowest BCUT2D eigenvalue weighted by atomic mass is 10.1. The van der Waals surface area contributed by atoms with Crippen LogP contribution in [0, 0.1) is 0 Å². The molecule has 29 heavy (non-hydrogen) atoms. The number of anilines is 1. The molecule has 0 aliphatic carbocycles. The van der Waals surface area contributed by atoms with Crippen LogP contribution in [0.2, 0.25) is 0 Å². The van der Waals surface area contributed by atoms with Crippen molar-refractivity contribution in [3.8, 4) is 22.9 Å². The standard InChI is InChI=1S/C21H22N4O3S/c1-3-14-4-6-15(7-5-14)19-23-21(25-24-19)29-13(2)20(26)22-16-8-9-17-18(12-16)28-11-10-27-17/h4-9,12-13H,3,10-11H2,1-2H3,(H,22,26)(H,23,24,25). The highest BCUT2D eigenvalue weighted by molar-refractivity contribution is 8.00. The molecule has 2 heterocycles. The van der Waals surface area contributed by atoms with Crippen molar-refractivity contribution >= 4 is 23.4 Å². The van der Waals surface area contributed by atoms with Crippen LogP contribution in [0.1, 0.15) is 19.4 Å². The van der Waals surface area contributed by atoms with Gasteiger partial charge in [-0.3, -0.25) is 9.89 Å². The molecule has 150 valence electrons. The molecule has 2 aromatic carbocycles. The van der Waals surface area contributed by atoms with E-state index < -0.39 is 0 Å². The second-order valence-corrected chi connectivity index (χ2v) is 7.93. The Hall–Kier alpha value is -3.00. The molecule has 0 spiro atoms. The number of aromatic nitrogens is 3. The molecule has 1 aliphatic heterocycles. The van der Waals surface area contributed by atoms with Gasteiger partial charge in [0.2, 0.25) is 11.1 Å². The van der Waals surface area contributed by atoms with Crippen molar-refractivity contribution in [1.29, 1.82) is 0 Å². The molecule has 3 aromatic rings. The maximum Gasteiger partial charge on any atom is 0.237 e. The lowest BCUT2D eigenvalue weighted by molar-refractivity contribution is -0.115. The number of aromatic amines is 1. The van der Waals surface area contributed by atoms with Crippen LogP contribution in [0.3, 0.4) is 0 Å². The molecule has 8 heteroatoms. The number of aryl methyl sites for hydroxylation is 1. The average molecular weight is 410 g/mol. The largest absolute Gasteiger partial charge is 0.486 e. The maximum absolute atomic E-state index is 12.6. The minimum atomic E-state index is -0.366. The van der Waals surface area contributed by atoms with E-state index in [0.717, 1.165) is 12.0 Å². The Bertz CT molecular complexity index is 1000. The first kappa shape index (κ1) is 19.3. The molecule has 7 nitrogen and oxygen atoms in total. The van der Waals surface area contributed by atoms with E-state index in [4.69, 9.17) is 9.47 Å². The minimum Gasteiger partial charge on any atom is -0.486 e. The molecular weight excluding hydrogens is 388 g/mol. The zero-order valence-corrected chi connectivity index (χ0v) is 17.1. The van der Waals surface area contributed by atoms with E-state index in [2.05, 4.69) is 39.6 Å². The molecule has 4 rings (SSSR count). The van der Waals surface area contributed by atoms with E-state index in [1.54, 1.807) is 18.2 Å². The highest BCUT2D eigenvalue weighted by Gasteiger charge is 2.19.